The van der Waals surface area contributed by atoms with Crippen molar-refractivity contribution in [3.8, 4) is 5.75 Å². The Hall–Kier alpha value is -2.24. The highest BCUT2D eigenvalue weighted by Gasteiger charge is 2.20. The second-order valence-corrected chi connectivity index (χ2v) is 6.40. The summed E-state index contributed by atoms with van der Waals surface area (Å²) in [6, 6.07) is 12.0. The maximum Gasteiger partial charge on any atom is 0.340 e. The quantitative estimate of drug-likeness (QED) is 0.721. The van der Waals surface area contributed by atoms with Crippen molar-refractivity contribution in [3.05, 3.63) is 63.6 Å². The number of benzene rings is 2. The van der Waals surface area contributed by atoms with Crippen LogP contribution < -0.4 is 10.1 Å². The summed E-state index contributed by atoms with van der Waals surface area (Å²) in [4.78, 5) is 24.2. The zero-order chi connectivity index (χ0) is 19.1. The minimum atomic E-state index is -0.940. The van der Waals surface area contributed by atoms with Crippen molar-refractivity contribution in [3.63, 3.8) is 0 Å². The molecule has 0 bridgehead atoms. The van der Waals surface area contributed by atoms with E-state index in [4.69, 9.17) is 32.7 Å². The number of halogens is 2. The van der Waals surface area contributed by atoms with Gasteiger partial charge < -0.3 is 14.8 Å². The van der Waals surface area contributed by atoms with E-state index in [1.807, 2.05) is 24.3 Å². The van der Waals surface area contributed by atoms with E-state index in [-0.39, 0.29) is 16.5 Å². The van der Waals surface area contributed by atoms with E-state index in [9.17, 15) is 9.59 Å². The summed E-state index contributed by atoms with van der Waals surface area (Å²) < 4.78 is 10.3. The van der Waals surface area contributed by atoms with Crippen LogP contribution in [-0.4, -0.2) is 31.6 Å². The molecule has 1 amide bonds. The third-order valence-corrected chi connectivity index (χ3v) is 4.22. The van der Waals surface area contributed by atoms with E-state index in [2.05, 4.69) is 5.32 Å². The van der Waals surface area contributed by atoms with E-state index in [1.54, 1.807) is 7.11 Å². The van der Waals surface area contributed by atoms with Crippen molar-refractivity contribution in [2.24, 2.45) is 0 Å². The number of carbonyl (C=O) groups excluding carboxylic acids is 2. The number of amides is 1. The van der Waals surface area contributed by atoms with Gasteiger partial charge in [-0.3, -0.25) is 4.79 Å². The van der Waals surface area contributed by atoms with E-state index < -0.39 is 12.1 Å². The Labute approximate surface area is 162 Å². The van der Waals surface area contributed by atoms with Gasteiger partial charge in [0.15, 0.2) is 6.10 Å². The SMILES string of the molecule is COc1ccc(CCNC(=O)[C@H](C)OC(=O)c2ccc(Cl)cc2Cl)cc1. The zero-order valence-electron chi connectivity index (χ0n) is 14.4. The van der Waals surface area contributed by atoms with Crippen LogP contribution in [0.1, 0.15) is 22.8 Å². The molecule has 2 aromatic rings. The van der Waals surface area contributed by atoms with Crippen molar-refractivity contribution >= 4 is 35.1 Å². The summed E-state index contributed by atoms with van der Waals surface area (Å²) >= 11 is 11.8. The third-order valence-electron chi connectivity index (χ3n) is 3.68. The van der Waals surface area contributed by atoms with Crippen LogP contribution in [0.3, 0.4) is 0 Å². The molecule has 138 valence electrons. The molecule has 0 unspecified atom stereocenters. The van der Waals surface area contributed by atoms with E-state index in [0.29, 0.717) is 18.0 Å². The molecule has 0 spiro atoms. The van der Waals surface area contributed by atoms with Gasteiger partial charge >= 0.3 is 5.97 Å². The number of carbonyl (C=O) groups is 2. The second-order valence-electron chi connectivity index (χ2n) is 5.56. The molecule has 0 saturated heterocycles. The zero-order valence-corrected chi connectivity index (χ0v) is 15.9. The summed E-state index contributed by atoms with van der Waals surface area (Å²) in [5, 5.41) is 3.33. The van der Waals surface area contributed by atoms with Gasteiger partial charge in [-0.15, -0.1) is 0 Å². The average molecular weight is 396 g/mol. The van der Waals surface area contributed by atoms with E-state index >= 15 is 0 Å². The molecule has 7 heteroatoms. The Kier molecular flexibility index (Phi) is 7.30. The number of methoxy groups -OCH3 is 1. The molecule has 0 fully saturated rings. The van der Waals surface area contributed by atoms with Crippen LogP contribution in [0.2, 0.25) is 10.0 Å². The van der Waals surface area contributed by atoms with Crippen molar-refractivity contribution in [1.82, 2.24) is 5.32 Å². The van der Waals surface area contributed by atoms with Crippen molar-refractivity contribution < 1.29 is 19.1 Å². The van der Waals surface area contributed by atoms with Crippen LogP contribution in [0.25, 0.3) is 0 Å². The summed E-state index contributed by atoms with van der Waals surface area (Å²) in [6.45, 7) is 1.93. The molecule has 0 aliphatic heterocycles. The summed E-state index contributed by atoms with van der Waals surface area (Å²) in [6.07, 6.45) is -0.288. The molecule has 1 N–H and O–H groups in total. The molecule has 1 atom stereocenters. The minimum absolute atomic E-state index is 0.161. The first kappa shape index (κ1) is 20.1. The lowest BCUT2D eigenvalue weighted by atomic mass is 10.1. The van der Waals surface area contributed by atoms with Gasteiger partial charge in [-0.2, -0.15) is 0 Å². The van der Waals surface area contributed by atoms with Crippen LogP contribution in [0, 0.1) is 0 Å². The molecule has 0 aliphatic carbocycles. The van der Waals surface area contributed by atoms with Crippen molar-refractivity contribution in [1.29, 1.82) is 0 Å². The van der Waals surface area contributed by atoms with Gasteiger partial charge in [-0.25, -0.2) is 4.79 Å². The van der Waals surface area contributed by atoms with Crippen molar-refractivity contribution in [2.45, 2.75) is 19.4 Å². The van der Waals surface area contributed by atoms with Crippen LogP contribution in [-0.2, 0) is 16.0 Å². The van der Waals surface area contributed by atoms with Gasteiger partial charge in [0, 0.05) is 11.6 Å². The van der Waals surface area contributed by atoms with Crippen LogP contribution in [0.5, 0.6) is 5.75 Å². The van der Waals surface area contributed by atoms with E-state index in [1.165, 1.54) is 25.1 Å². The Balaban J connectivity index is 1.82. The lowest BCUT2D eigenvalue weighted by molar-refractivity contribution is -0.129. The van der Waals surface area contributed by atoms with Gasteiger partial charge in [0.1, 0.15) is 5.75 Å². The third kappa shape index (κ3) is 5.64. The Morgan fingerprint density at radius 1 is 1.12 bits per heavy atom. The molecule has 0 heterocycles. The van der Waals surface area contributed by atoms with Crippen LogP contribution >= 0.6 is 23.2 Å². The standard InChI is InChI=1S/C19H19Cl2NO4/c1-12(26-19(24)16-8-5-14(20)11-17(16)21)18(23)22-10-9-13-3-6-15(25-2)7-4-13/h3-8,11-12H,9-10H2,1-2H3,(H,22,23)/t12-/m0/s1. The summed E-state index contributed by atoms with van der Waals surface area (Å²) in [7, 11) is 1.61. The first-order chi connectivity index (χ1) is 12.4. The molecular weight excluding hydrogens is 377 g/mol. The molecular formula is C19H19Cl2NO4. The smallest absolute Gasteiger partial charge is 0.340 e. The molecule has 5 nitrogen and oxygen atoms in total. The molecule has 2 rings (SSSR count). The van der Waals surface area contributed by atoms with Crippen LogP contribution in [0.4, 0.5) is 0 Å². The highest BCUT2D eigenvalue weighted by molar-refractivity contribution is 6.36. The van der Waals surface area contributed by atoms with Gasteiger partial charge in [0.25, 0.3) is 5.91 Å². The first-order valence-corrected chi connectivity index (χ1v) is 8.73. The fourth-order valence-corrected chi connectivity index (χ4v) is 2.68. The molecule has 0 radical (unpaired) electrons. The maximum atomic E-state index is 12.1. The fraction of sp³-hybridized carbons (Fsp3) is 0.263. The van der Waals surface area contributed by atoms with Crippen LogP contribution in [0.15, 0.2) is 42.5 Å². The Bertz CT molecular complexity index is 778. The number of ether oxygens (including phenoxy) is 2. The highest BCUT2D eigenvalue weighted by Crippen LogP contribution is 2.22. The second kappa shape index (κ2) is 9.46. The molecule has 26 heavy (non-hydrogen) atoms. The van der Waals surface area contributed by atoms with Gasteiger partial charge in [0.2, 0.25) is 0 Å². The van der Waals surface area contributed by atoms with Gasteiger partial charge in [0.05, 0.1) is 17.7 Å². The normalized spacial score (nSPS) is 11.5. The predicted octanol–water partition coefficient (Wildman–Crippen LogP) is 3.91. The fourth-order valence-electron chi connectivity index (χ4n) is 2.20. The van der Waals surface area contributed by atoms with E-state index in [0.717, 1.165) is 11.3 Å². The number of rotatable bonds is 7. The lowest BCUT2D eigenvalue weighted by Gasteiger charge is -2.14. The summed E-state index contributed by atoms with van der Waals surface area (Å²) in [5.41, 5.74) is 1.22. The number of hydrogen-bond acceptors (Lipinski definition) is 4. The average Bonchev–Trinajstić information content (AvgIpc) is 2.62. The number of esters is 1. The maximum absolute atomic E-state index is 12.1. The van der Waals surface area contributed by atoms with Crippen molar-refractivity contribution in [2.75, 3.05) is 13.7 Å². The molecule has 0 aliphatic rings. The topological polar surface area (TPSA) is 64.6 Å². The molecule has 0 saturated carbocycles. The Morgan fingerprint density at radius 2 is 1.81 bits per heavy atom. The number of hydrogen-bond donors (Lipinski definition) is 1. The summed E-state index contributed by atoms with van der Waals surface area (Å²) in [5.74, 6) is -0.277. The van der Waals surface area contributed by atoms with Gasteiger partial charge in [-0.1, -0.05) is 35.3 Å². The largest absolute Gasteiger partial charge is 0.497 e. The lowest BCUT2D eigenvalue weighted by Crippen LogP contribution is -2.36. The highest BCUT2D eigenvalue weighted by atomic mass is 35.5. The Morgan fingerprint density at radius 3 is 2.42 bits per heavy atom. The predicted molar refractivity (Wildman–Crippen MR) is 101 cm³/mol. The monoisotopic (exact) mass is 395 g/mol. The number of nitrogens with one attached hydrogen (secondary N) is 1. The molecule has 2 aromatic carbocycles. The minimum Gasteiger partial charge on any atom is -0.497 e. The molecule has 0 aromatic heterocycles. The van der Waals surface area contributed by atoms with Gasteiger partial charge in [-0.05, 0) is 49.2 Å². The first-order valence-electron chi connectivity index (χ1n) is 7.97.